The highest BCUT2D eigenvalue weighted by Crippen LogP contribution is 2.21. The number of morpholine rings is 1. The molecule has 0 bridgehead atoms. The van der Waals surface area contributed by atoms with E-state index in [4.69, 9.17) is 4.74 Å². The lowest BCUT2D eigenvalue weighted by Crippen LogP contribution is -2.51. The molecule has 2 fully saturated rings. The van der Waals surface area contributed by atoms with E-state index >= 15 is 0 Å². The van der Waals surface area contributed by atoms with Crippen molar-refractivity contribution >= 4 is 5.91 Å². The summed E-state index contributed by atoms with van der Waals surface area (Å²) in [5, 5.41) is 3.71. The molecule has 128 valence electrons. The number of hydrogen-bond donors (Lipinski definition) is 0. The van der Waals surface area contributed by atoms with Crippen molar-refractivity contribution in [3.63, 3.8) is 0 Å². The van der Waals surface area contributed by atoms with Gasteiger partial charge in [-0.25, -0.2) is 4.68 Å². The summed E-state index contributed by atoms with van der Waals surface area (Å²) in [5.41, 5.74) is 0.0965. The first-order valence-corrected chi connectivity index (χ1v) is 8.09. The third-order valence-electron chi connectivity index (χ3n) is 4.49. The maximum atomic E-state index is 12.6. The number of ether oxygens (including phenoxy) is 1. The number of halogens is 2. The summed E-state index contributed by atoms with van der Waals surface area (Å²) < 4.78 is 31.1. The van der Waals surface area contributed by atoms with Gasteiger partial charge in [0.2, 0.25) is 0 Å². The lowest BCUT2D eigenvalue weighted by atomic mass is 10.0. The third-order valence-corrected chi connectivity index (χ3v) is 4.49. The van der Waals surface area contributed by atoms with E-state index in [1.54, 1.807) is 4.90 Å². The van der Waals surface area contributed by atoms with Crippen LogP contribution < -0.4 is 0 Å². The van der Waals surface area contributed by atoms with Crippen molar-refractivity contribution in [2.45, 2.75) is 31.9 Å². The van der Waals surface area contributed by atoms with E-state index in [1.807, 2.05) is 0 Å². The van der Waals surface area contributed by atoms with E-state index < -0.39 is 6.55 Å². The van der Waals surface area contributed by atoms with Crippen LogP contribution in [0.25, 0.3) is 0 Å². The zero-order chi connectivity index (χ0) is 16.2. The Kier molecular flexibility index (Phi) is 5.22. The van der Waals surface area contributed by atoms with Gasteiger partial charge in [0, 0.05) is 38.4 Å². The summed E-state index contributed by atoms with van der Waals surface area (Å²) in [7, 11) is 0. The Morgan fingerprint density at radius 1 is 1.30 bits per heavy atom. The minimum atomic E-state index is -2.72. The number of carbonyl (C=O) groups excluding carboxylic acids is 1. The lowest BCUT2D eigenvalue weighted by Gasteiger charge is -2.39. The molecule has 6 nitrogen and oxygen atoms in total. The number of alkyl halides is 2. The van der Waals surface area contributed by atoms with Crippen molar-refractivity contribution in [3.8, 4) is 0 Å². The number of piperidine rings is 1. The van der Waals surface area contributed by atoms with E-state index in [0.717, 1.165) is 58.3 Å². The molecule has 1 amide bonds. The topological polar surface area (TPSA) is 50.6 Å². The van der Waals surface area contributed by atoms with E-state index in [0.29, 0.717) is 11.2 Å². The first-order valence-electron chi connectivity index (χ1n) is 8.09. The van der Waals surface area contributed by atoms with Crippen molar-refractivity contribution in [1.29, 1.82) is 0 Å². The molecule has 0 aromatic carbocycles. The molecule has 0 unspecified atom stereocenters. The van der Waals surface area contributed by atoms with Crippen LogP contribution >= 0.6 is 0 Å². The van der Waals surface area contributed by atoms with E-state index in [9.17, 15) is 13.6 Å². The Labute approximate surface area is 134 Å². The average Bonchev–Trinajstić information content (AvgIpc) is 3.06. The number of nitrogens with zero attached hydrogens (tertiary/aromatic N) is 4. The van der Waals surface area contributed by atoms with Crippen molar-refractivity contribution in [1.82, 2.24) is 19.6 Å². The molecular weight excluding hydrogens is 306 g/mol. The highest BCUT2D eigenvalue weighted by molar-refractivity contribution is 5.92. The number of likely N-dealkylation sites (tertiary alicyclic amines) is 1. The summed E-state index contributed by atoms with van der Waals surface area (Å²) in [5.74, 6) is -0.248. The summed E-state index contributed by atoms with van der Waals surface area (Å²) in [4.78, 5) is 16.8. The van der Waals surface area contributed by atoms with Crippen LogP contribution in [0.3, 0.4) is 0 Å². The molecule has 0 radical (unpaired) electrons. The molecule has 1 aromatic rings. The SMILES string of the molecule is O=C(c1ccn(C(F)F)n1)N1CCCC[C@@H]1CN1CCOCC1. The maximum Gasteiger partial charge on any atom is 0.333 e. The fraction of sp³-hybridized carbons (Fsp3) is 0.733. The Bertz CT molecular complexity index is 531. The first kappa shape index (κ1) is 16.3. The summed E-state index contributed by atoms with van der Waals surface area (Å²) >= 11 is 0. The van der Waals surface area contributed by atoms with Crippen molar-refractivity contribution < 1.29 is 18.3 Å². The second kappa shape index (κ2) is 7.35. The van der Waals surface area contributed by atoms with Gasteiger partial charge in [0.1, 0.15) is 0 Å². The van der Waals surface area contributed by atoms with Crippen LogP contribution in [-0.2, 0) is 4.74 Å². The monoisotopic (exact) mass is 328 g/mol. The minimum absolute atomic E-state index is 0.0965. The minimum Gasteiger partial charge on any atom is -0.379 e. The first-order chi connectivity index (χ1) is 11.1. The van der Waals surface area contributed by atoms with Crippen molar-refractivity contribution in [3.05, 3.63) is 18.0 Å². The predicted molar refractivity (Wildman–Crippen MR) is 79.4 cm³/mol. The van der Waals surface area contributed by atoms with Crippen LogP contribution in [0.1, 0.15) is 36.3 Å². The molecule has 0 N–H and O–H groups in total. The van der Waals surface area contributed by atoms with Crippen molar-refractivity contribution in [2.24, 2.45) is 0 Å². The Morgan fingerprint density at radius 3 is 2.78 bits per heavy atom. The molecule has 23 heavy (non-hydrogen) atoms. The zero-order valence-corrected chi connectivity index (χ0v) is 13.0. The van der Waals surface area contributed by atoms with Gasteiger partial charge >= 0.3 is 6.55 Å². The Hall–Kier alpha value is -1.54. The number of aromatic nitrogens is 2. The van der Waals surface area contributed by atoms with Gasteiger partial charge in [-0.3, -0.25) is 9.69 Å². The van der Waals surface area contributed by atoms with Gasteiger partial charge in [-0.05, 0) is 25.3 Å². The van der Waals surface area contributed by atoms with Gasteiger partial charge in [0.05, 0.1) is 13.2 Å². The van der Waals surface area contributed by atoms with Gasteiger partial charge in [0.15, 0.2) is 5.69 Å². The van der Waals surface area contributed by atoms with Gasteiger partial charge in [-0.1, -0.05) is 0 Å². The zero-order valence-electron chi connectivity index (χ0n) is 13.0. The molecule has 0 aliphatic carbocycles. The van der Waals surface area contributed by atoms with Crippen LogP contribution in [0, 0.1) is 0 Å². The second-order valence-corrected chi connectivity index (χ2v) is 6.02. The van der Waals surface area contributed by atoms with Gasteiger partial charge < -0.3 is 9.64 Å². The van der Waals surface area contributed by atoms with Crippen LogP contribution in [-0.4, -0.2) is 70.9 Å². The number of carbonyl (C=O) groups is 1. The molecule has 2 aliphatic rings. The van der Waals surface area contributed by atoms with E-state index in [1.165, 1.54) is 6.07 Å². The Balaban J connectivity index is 1.67. The van der Waals surface area contributed by atoms with E-state index in [-0.39, 0.29) is 17.6 Å². The highest BCUT2D eigenvalue weighted by atomic mass is 19.3. The van der Waals surface area contributed by atoms with Crippen molar-refractivity contribution in [2.75, 3.05) is 39.4 Å². The van der Waals surface area contributed by atoms with Gasteiger partial charge in [0.25, 0.3) is 5.91 Å². The normalized spacial score (nSPS) is 23.4. The molecule has 3 heterocycles. The second-order valence-electron chi connectivity index (χ2n) is 6.02. The molecular formula is C15H22F2N4O2. The van der Waals surface area contributed by atoms with Gasteiger partial charge in [-0.15, -0.1) is 0 Å². The fourth-order valence-electron chi connectivity index (χ4n) is 3.25. The van der Waals surface area contributed by atoms with Gasteiger partial charge in [-0.2, -0.15) is 13.9 Å². The molecule has 0 spiro atoms. The molecule has 2 aliphatic heterocycles. The standard InChI is InChI=1S/C15H22F2N4O2/c16-15(17)21-6-4-13(18-21)14(22)20-5-2-1-3-12(20)11-19-7-9-23-10-8-19/h4,6,12,15H,1-3,5,7-11H2/t12-/m1/s1. The van der Waals surface area contributed by atoms with Crippen LogP contribution in [0.15, 0.2) is 12.3 Å². The number of hydrogen-bond acceptors (Lipinski definition) is 4. The van der Waals surface area contributed by atoms with Crippen LogP contribution in [0.2, 0.25) is 0 Å². The Morgan fingerprint density at radius 2 is 2.09 bits per heavy atom. The smallest absolute Gasteiger partial charge is 0.333 e. The molecule has 1 atom stereocenters. The summed E-state index contributed by atoms with van der Waals surface area (Å²) in [6.07, 6.45) is 4.13. The molecule has 0 saturated carbocycles. The van der Waals surface area contributed by atoms with Crippen LogP contribution in [0.5, 0.6) is 0 Å². The predicted octanol–water partition coefficient (Wildman–Crippen LogP) is 1.61. The largest absolute Gasteiger partial charge is 0.379 e. The third kappa shape index (κ3) is 3.87. The summed E-state index contributed by atoms with van der Waals surface area (Å²) in [6.45, 7) is 1.94. The number of rotatable bonds is 4. The fourth-order valence-corrected chi connectivity index (χ4v) is 3.25. The molecule has 2 saturated heterocycles. The quantitative estimate of drug-likeness (QED) is 0.842. The molecule has 1 aromatic heterocycles. The van der Waals surface area contributed by atoms with Crippen LogP contribution in [0.4, 0.5) is 8.78 Å². The molecule has 3 rings (SSSR count). The highest BCUT2D eigenvalue weighted by Gasteiger charge is 2.30. The lowest BCUT2D eigenvalue weighted by molar-refractivity contribution is 0.0163. The van der Waals surface area contributed by atoms with E-state index in [2.05, 4.69) is 10.00 Å². The maximum absolute atomic E-state index is 12.6. The molecule has 8 heteroatoms. The number of amides is 1. The average molecular weight is 328 g/mol. The summed E-state index contributed by atoms with van der Waals surface area (Å²) in [6, 6.07) is 1.49.